The van der Waals surface area contributed by atoms with Crippen LogP contribution in [0, 0.1) is 6.92 Å². The minimum Gasteiger partial charge on any atom is -0.459 e. The number of carbonyl (C=O) groups excluding carboxylic acids is 1. The molecule has 1 atom stereocenters. The lowest BCUT2D eigenvalue weighted by atomic mass is 10.0. The van der Waals surface area contributed by atoms with Gasteiger partial charge in [0.1, 0.15) is 11.6 Å². The van der Waals surface area contributed by atoms with Gasteiger partial charge in [-0.3, -0.25) is 4.79 Å². The molecule has 0 saturated carbocycles. The zero-order chi connectivity index (χ0) is 14.5. The molecule has 0 amide bonds. The van der Waals surface area contributed by atoms with E-state index in [0.29, 0.717) is 6.42 Å². The zero-order valence-electron chi connectivity index (χ0n) is 12.4. The van der Waals surface area contributed by atoms with Crippen LogP contribution in [-0.4, -0.2) is 17.6 Å². The number of nitrogens with two attached hydrogens (primary N) is 1. The Kier molecular flexibility index (Phi) is 5.55. The van der Waals surface area contributed by atoms with Gasteiger partial charge in [-0.2, -0.15) is 0 Å². The Morgan fingerprint density at radius 2 is 1.84 bits per heavy atom. The summed E-state index contributed by atoms with van der Waals surface area (Å²) in [6.07, 6.45) is 2.49. The second kappa shape index (κ2) is 6.71. The zero-order valence-corrected chi connectivity index (χ0v) is 12.4. The highest BCUT2D eigenvalue weighted by Crippen LogP contribution is 2.11. The summed E-state index contributed by atoms with van der Waals surface area (Å²) in [7, 11) is 0. The molecule has 3 heteroatoms. The second-order valence-corrected chi connectivity index (χ2v) is 6.02. The lowest BCUT2D eigenvalue weighted by Crippen LogP contribution is -2.37. The molecule has 0 heterocycles. The monoisotopic (exact) mass is 263 g/mol. The third-order valence-corrected chi connectivity index (χ3v) is 2.81. The number of carbonyl (C=O) groups is 1. The van der Waals surface area contributed by atoms with Crippen LogP contribution >= 0.6 is 0 Å². The molecule has 0 bridgehead atoms. The number of esters is 1. The Morgan fingerprint density at radius 3 is 2.37 bits per heavy atom. The van der Waals surface area contributed by atoms with Gasteiger partial charge in [0.25, 0.3) is 0 Å². The molecule has 1 rings (SSSR count). The average Bonchev–Trinajstić information content (AvgIpc) is 2.29. The van der Waals surface area contributed by atoms with E-state index in [1.807, 2.05) is 20.8 Å². The van der Waals surface area contributed by atoms with Crippen molar-refractivity contribution < 1.29 is 9.53 Å². The number of ether oxygens (including phenoxy) is 1. The van der Waals surface area contributed by atoms with Gasteiger partial charge >= 0.3 is 5.97 Å². The smallest absolute Gasteiger partial charge is 0.323 e. The molecule has 0 aliphatic rings. The summed E-state index contributed by atoms with van der Waals surface area (Å²) in [5.74, 6) is -0.309. The van der Waals surface area contributed by atoms with Crippen molar-refractivity contribution in [3.8, 4) is 0 Å². The van der Waals surface area contributed by atoms with Crippen LogP contribution in [0.5, 0.6) is 0 Å². The van der Waals surface area contributed by atoms with Crippen LogP contribution in [0.25, 0.3) is 0 Å². The van der Waals surface area contributed by atoms with E-state index >= 15 is 0 Å². The van der Waals surface area contributed by atoms with E-state index in [-0.39, 0.29) is 5.97 Å². The molecule has 0 aliphatic carbocycles. The Hall–Kier alpha value is -1.35. The number of hydrogen-bond acceptors (Lipinski definition) is 3. The van der Waals surface area contributed by atoms with Crippen molar-refractivity contribution in [1.29, 1.82) is 0 Å². The van der Waals surface area contributed by atoms with Crippen molar-refractivity contribution in [2.45, 2.75) is 58.6 Å². The number of rotatable bonds is 5. The summed E-state index contributed by atoms with van der Waals surface area (Å²) in [6.45, 7) is 7.62. The molecule has 1 aromatic carbocycles. The fourth-order valence-electron chi connectivity index (χ4n) is 1.78. The van der Waals surface area contributed by atoms with Gasteiger partial charge in [0, 0.05) is 0 Å². The predicted octanol–water partition coefficient (Wildman–Crippen LogP) is 2.99. The van der Waals surface area contributed by atoms with Crippen LogP contribution in [0.4, 0.5) is 0 Å². The summed E-state index contributed by atoms with van der Waals surface area (Å²) >= 11 is 0. The van der Waals surface area contributed by atoms with Gasteiger partial charge < -0.3 is 10.5 Å². The first kappa shape index (κ1) is 15.7. The van der Waals surface area contributed by atoms with Gasteiger partial charge in [-0.1, -0.05) is 29.8 Å². The summed E-state index contributed by atoms with van der Waals surface area (Å²) in [4.78, 5) is 11.7. The van der Waals surface area contributed by atoms with Crippen LogP contribution in [0.1, 0.15) is 44.7 Å². The maximum Gasteiger partial charge on any atom is 0.323 e. The van der Waals surface area contributed by atoms with Crippen LogP contribution < -0.4 is 5.73 Å². The topological polar surface area (TPSA) is 52.3 Å². The van der Waals surface area contributed by atoms with Gasteiger partial charge in [-0.15, -0.1) is 0 Å². The van der Waals surface area contributed by atoms with E-state index in [0.717, 1.165) is 12.8 Å². The summed E-state index contributed by atoms with van der Waals surface area (Å²) in [5, 5.41) is 0. The number of hydrogen-bond donors (Lipinski definition) is 1. The van der Waals surface area contributed by atoms with E-state index < -0.39 is 11.6 Å². The molecule has 2 N–H and O–H groups in total. The highest BCUT2D eigenvalue weighted by atomic mass is 16.6. The molecule has 0 saturated heterocycles. The quantitative estimate of drug-likeness (QED) is 0.831. The summed E-state index contributed by atoms with van der Waals surface area (Å²) < 4.78 is 5.25. The minimum absolute atomic E-state index is 0.309. The molecule has 19 heavy (non-hydrogen) atoms. The molecular weight excluding hydrogens is 238 g/mol. The largest absolute Gasteiger partial charge is 0.459 e. The van der Waals surface area contributed by atoms with Crippen molar-refractivity contribution in [3.63, 3.8) is 0 Å². The van der Waals surface area contributed by atoms with E-state index in [9.17, 15) is 4.79 Å². The lowest BCUT2D eigenvalue weighted by molar-refractivity contribution is -0.156. The van der Waals surface area contributed by atoms with Crippen LogP contribution in [-0.2, 0) is 16.0 Å². The van der Waals surface area contributed by atoms with Gasteiger partial charge in [-0.05, 0) is 52.5 Å². The maximum absolute atomic E-state index is 11.7. The van der Waals surface area contributed by atoms with Gasteiger partial charge in [0.2, 0.25) is 0 Å². The van der Waals surface area contributed by atoms with Crippen molar-refractivity contribution in [2.75, 3.05) is 0 Å². The standard InChI is InChI=1S/C16H25NO2/c1-12-8-10-13(11-9-12)6-5-7-14(17)15(18)19-16(2,3)4/h8-11,14H,5-7,17H2,1-4H3. The van der Waals surface area contributed by atoms with Gasteiger partial charge in [0.15, 0.2) is 0 Å². The molecule has 3 nitrogen and oxygen atoms in total. The average molecular weight is 263 g/mol. The van der Waals surface area contributed by atoms with E-state index in [1.54, 1.807) is 0 Å². The second-order valence-electron chi connectivity index (χ2n) is 6.02. The molecule has 1 unspecified atom stereocenters. The predicted molar refractivity (Wildman–Crippen MR) is 77.9 cm³/mol. The summed E-state index contributed by atoms with van der Waals surface area (Å²) in [5.41, 5.74) is 7.91. The third-order valence-electron chi connectivity index (χ3n) is 2.81. The highest BCUT2D eigenvalue weighted by Gasteiger charge is 2.21. The van der Waals surface area contributed by atoms with Crippen LogP contribution in [0.3, 0.4) is 0 Å². The fraction of sp³-hybridized carbons (Fsp3) is 0.562. The third kappa shape index (κ3) is 6.39. The van der Waals surface area contributed by atoms with Gasteiger partial charge in [-0.25, -0.2) is 0 Å². The summed E-state index contributed by atoms with van der Waals surface area (Å²) in [6, 6.07) is 7.92. The first-order chi connectivity index (χ1) is 8.78. The minimum atomic E-state index is -0.523. The normalized spacial score (nSPS) is 13.1. The Balaban J connectivity index is 2.32. The van der Waals surface area contributed by atoms with E-state index in [2.05, 4.69) is 31.2 Å². The molecular formula is C16H25NO2. The Morgan fingerprint density at radius 1 is 1.26 bits per heavy atom. The first-order valence-electron chi connectivity index (χ1n) is 6.82. The Bertz CT molecular complexity index is 404. The van der Waals surface area contributed by atoms with E-state index in [4.69, 9.17) is 10.5 Å². The number of benzene rings is 1. The van der Waals surface area contributed by atoms with Gasteiger partial charge in [0.05, 0.1) is 0 Å². The lowest BCUT2D eigenvalue weighted by Gasteiger charge is -2.22. The molecule has 1 aromatic rings. The van der Waals surface area contributed by atoms with Crippen molar-refractivity contribution in [3.05, 3.63) is 35.4 Å². The van der Waals surface area contributed by atoms with Crippen molar-refractivity contribution in [1.82, 2.24) is 0 Å². The molecule has 0 aromatic heterocycles. The van der Waals surface area contributed by atoms with Crippen molar-refractivity contribution in [2.24, 2.45) is 5.73 Å². The fourth-order valence-corrected chi connectivity index (χ4v) is 1.78. The van der Waals surface area contributed by atoms with E-state index in [1.165, 1.54) is 11.1 Å². The van der Waals surface area contributed by atoms with Crippen LogP contribution in [0.15, 0.2) is 24.3 Å². The molecule has 0 spiro atoms. The Labute approximate surface area is 116 Å². The van der Waals surface area contributed by atoms with Crippen LogP contribution in [0.2, 0.25) is 0 Å². The van der Waals surface area contributed by atoms with Crippen molar-refractivity contribution >= 4 is 5.97 Å². The maximum atomic E-state index is 11.7. The molecule has 106 valence electrons. The number of aryl methyl sites for hydroxylation is 2. The highest BCUT2D eigenvalue weighted by molar-refractivity contribution is 5.75. The molecule has 0 fully saturated rings. The molecule has 0 radical (unpaired) electrons. The first-order valence-corrected chi connectivity index (χ1v) is 6.82. The molecule has 0 aliphatic heterocycles. The SMILES string of the molecule is Cc1ccc(CCCC(N)C(=O)OC(C)(C)C)cc1.